The second-order valence-corrected chi connectivity index (χ2v) is 6.69. The fraction of sp³-hybridized carbons (Fsp3) is 0.647. The second kappa shape index (κ2) is 6.24. The number of amides is 1. The van der Waals surface area contributed by atoms with Gasteiger partial charge in [-0.3, -0.25) is 9.59 Å². The van der Waals surface area contributed by atoms with Crippen molar-refractivity contribution in [2.24, 2.45) is 0 Å². The molecule has 5 heteroatoms. The molecule has 2 aliphatic rings. The summed E-state index contributed by atoms with van der Waals surface area (Å²) in [5.41, 5.74) is 1.08. The molecule has 3 N–H and O–H groups in total. The molecular weight excluding hydrogens is 280 g/mol. The van der Waals surface area contributed by atoms with Crippen LogP contribution in [0.5, 0.6) is 0 Å². The van der Waals surface area contributed by atoms with Crippen LogP contribution in [0.4, 0.5) is 0 Å². The van der Waals surface area contributed by atoms with Crippen molar-refractivity contribution in [3.05, 3.63) is 33.2 Å². The summed E-state index contributed by atoms with van der Waals surface area (Å²) in [6, 6.07) is 1.73. The standard InChI is InChI=1S/C17H24N2O3/c20-15(18-11-17(22)8-4-1-5-9-17)13-10-12-6-2-3-7-14(12)19-16(13)21/h10,22H,1-9,11H2,(H,18,20)(H,19,21). The molecule has 1 fully saturated rings. The van der Waals surface area contributed by atoms with Crippen molar-refractivity contribution in [1.82, 2.24) is 10.3 Å². The average Bonchev–Trinajstić information content (AvgIpc) is 2.53. The van der Waals surface area contributed by atoms with E-state index in [9.17, 15) is 14.7 Å². The van der Waals surface area contributed by atoms with Gasteiger partial charge in [0.1, 0.15) is 5.56 Å². The van der Waals surface area contributed by atoms with Crippen LogP contribution in [0.15, 0.2) is 10.9 Å². The molecule has 5 nitrogen and oxygen atoms in total. The maximum atomic E-state index is 12.3. The van der Waals surface area contributed by atoms with Crippen molar-refractivity contribution in [1.29, 1.82) is 0 Å². The van der Waals surface area contributed by atoms with Gasteiger partial charge in [0.05, 0.1) is 5.60 Å². The van der Waals surface area contributed by atoms with Crippen LogP contribution in [0.3, 0.4) is 0 Å². The van der Waals surface area contributed by atoms with Crippen molar-refractivity contribution in [2.75, 3.05) is 6.54 Å². The fourth-order valence-electron chi connectivity index (χ4n) is 3.57. The zero-order chi connectivity index (χ0) is 15.6. The molecule has 0 unspecified atom stereocenters. The summed E-state index contributed by atoms with van der Waals surface area (Å²) in [7, 11) is 0. The third-order valence-corrected chi connectivity index (χ3v) is 4.95. The third kappa shape index (κ3) is 3.24. The Morgan fingerprint density at radius 2 is 1.91 bits per heavy atom. The maximum absolute atomic E-state index is 12.3. The summed E-state index contributed by atoms with van der Waals surface area (Å²) >= 11 is 0. The SMILES string of the molecule is O=C(NCC1(O)CCCCC1)c1cc2c([nH]c1=O)CCCC2. The third-order valence-electron chi connectivity index (χ3n) is 4.95. The Hall–Kier alpha value is -1.62. The molecular formula is C17H24N2O3. The molecule has 0 bridgehead atoms. The van der Waals surface area contributed by atoms with Gasteiger partial charge in [0.25, 0.3) is 11.5 Å². The molecule has 1 aromatic rings. The quantitative estimate of drug-likeness (QED) is 0.794. The molecule has 22 heavy (non-hydrogen) atoms. The number of carbonyl (C=O) groups is 1. The van der Waals surface area contributed by atoms with Crippen LogP contribution in [0.1, 0.15) is 66.6 Å². The molecule has 120 valence electrons. The van der Waals surface area contributed by atoms with Gasteiger partial charge in [0.15, 0.2) is 0 Å². The second-order valence-electron chi connectivity index (χ2n) is 6.69. The molecule has 0 radical (unpaired) electrons. The van der Waals surface area contributed by atoms with Gasteiger partial charge >= 0.3 is 0 Å². The highest BCUT2D eigenvalue weighted by Crippen LogP contribution is 2.27. The van der Waals surface area contributed by atoms with E-state index in [4.69, 9.17) is 0 Å². The van der Waals surface area contributed by atoms with E-state index in [-0.39, 0.29) is 23.6 Å². The number of carbonyl (C=O) groups excluding carboxylic acids is 1. The van der Waals surface area contributed by atoms with Crippen molar-refractivity contribution in [3.63, 3.8) is 0 Å². The number of H-pyrrole nitrogens is 1. The van der Waals surface area contributed by atoms with E-state index in [2.05, 4.69) is 10.3 Å². The summed E-state index contributed by atoms with van der Waals surface area (Å²) in [6.45, 7) is 0.225. The van der Waals surface area contributed by atoms with Crippen molar-refractivity contribution in [2.45, 2.75) is 63.4 Å². The normalized spacial score (nSPS) is 20.2. The number of aromatic nitrogens is 1. The minimum Gasteiger partial charge on any atom is -0.388 e. The molecule has 0 aromatic carbocycles. The minimum atomic E-state index is -0.811. The molecule has 0 saturated heterocycles. The highest BCUT2D eigenvalue weighted by atomic mass is 16.3. The first-order valence-electron chi connectivity index (χ1n) is 8.33. The monoisotopic (exact) mass is 304 g/mol. The predicted molar refractivity (Wildman–Crippen MR) is 84.1 cm³/mol. The van der Waals surface area contributed by atoms with Crippen LogP contribution >= 0.6 is 0 Å². The summed E-state index contributed by atoms with van der Waals surface area (Å²) in [4.78, 5) is 27.2. The van der Waals surface area contributed by atoms with Crippen LogP contribution in [0, 0.1) is 0 Å². The molecule has 1 amide bonds. The van der Waals surface area contributed by atoms with Gasteiger partial charge in [-0.1, -0.05) is 19.3 Å². The minimum absolute atomic E-state index is 0.167. The number of hydrogen-bond donors (Lipinski definition) is 3. The van der Waals surface area contributed by atoms with Crippen LogP contribution in [0.25, 0.3) is 0 Å². The number of hydrogen-bond acceptors (Lipinski definition) is 3. The summed E-state index contributed by atoms with van der Waals surface area (Å²) in [6.07, 6.45) is 8.53. The van der Waals surface area contributed by atoms with E-state index < -0.39 is 5.60 Å². The number of aryl methyl sites for hydroxylation is 2. The van der Waals surface area contributed by atoms with E-state index >= 15 is 0 Å². The fourth-order valence-corrected chi connectivity index (χ4v) is 3.57. The highest BCUT2D eigenvalue weighted by Gasteiger charge is 2.30. The van der Waals surface area contributed by atoms with Gasteiger partial charge < -0.3 is 15.4 Å². The molecule has 0 atom stereocenters. The Kier molecular flexibility index (Phi) is 4.34. The van der Waals surface area contributed by atoms with Gasteiger partial charge in [-0.15, -0.1) is 0 Å². The Bertz CT molecular complexity index is 615. The molecule has 2 aliphatic carbocycles. The topological polar surface area (TPSA) is 82.2 Å². The van der Waals surface area contributed by atoms with Gasteiger partial charge in [-0.25, -0.2) is 0 Å². The molecule has 0 spiro atoms. The van der Waals surface area contributed by atoms with Crippen LogP contribution in [-0.2, 0) is 12.8 Å². The van der Waals surface area contributed by atoms with Crippen molar-refractivity contribution >= 4 is 5.91 Å². The lowest BCUT2D eigenvalue weighted by Crippen LogP contribution is -2.45. The smallest absolute Gasteiger partial charge is 0.261 e. The first-order chi connectivity index (χ1) is 10.6. The highest BCUT2D eigenvalue weighted by molar-refractivity contribution is 5.94. The number of nitrogens with one attached hydrogen (secondary N) is 2. The predicted octanol–water partition coefficient (Wildman–Crippen LogP) is 1.68. The lowest BCUT2D eigenvalue weighted by Gasteiger charge is -2.32. The Morgan fingerprint density at radius 3 is 2.68 bits per heavy atom. The lowest BCUT2D eigenvalue weighted by atomic mass is 9.85. The van der Waals surface area contributed by atoms with Crippen molar-refractivity contribution < 1.29 is 9.90 Å². The Morgan fingerprint density at radius 1 is 1.18 bits per heavy atom. The van der Waals surface area contributed by atoms with E-state index in [1.807, 2.05) is 0 Å². The van der Waals surface area contributed by atoms with Gasteiger partial charge in [0, 0.05) is 12.2 Å². The summed E-state index contributed by atoms with van der Waals surface area (Å²) in [5, 5.41) is 13.2. The van der Waals surface area contributed by atoms with E-state index in [0.29, 0.717) is 12.8 Å². The number of pyridine rings is 1. The zero-order valence-corrected chi connectivity index (χ0v) is 12.9. The number of rotatable bonds is 3. The Labute approximate surface area is 130 Å². The van der Waals surface area contributed by atoms with Gasteiger partial charge in [-0.2, -0.15) is 0 Å². The first kappa shape index (κ1) is 15.3. The van der Waals surface area contributed by atoms with Crippen molar-refractivity contribution in [3.8, 4) is 0 Å². The van der Waals surface area contributed by atoms with Crippen LogP contribution in [0.2, 0.25) is 0 Å². The molecule has 1 aromatic heterocycles. The first-order valence-corrected chi connectivity index (χ1v) is 8.33. The number of fused-ring (bicyclic) bond motifs is 1. The van der Waals surface area contributed by atoms with Gasteiger partial charge in [0.2, 0.25) is 0 Å². The van der Waals surface area contributed by atoms with E-state index in [1.165, 1.54) is 0 Å². The average molecular weight is 304 g/mol. The molecule has 1 saturated carbocycles. The molecule has 0 aliphatic heterocycles. The van der Waals surface area contributed by atoms with E-state index in [0.717, 1.165) is 56.2 Å². The number of aliphatic hydroxyl groups is 1. The molecule has 1 heterocycles. The molecule has 3 rings (SSSR count). The maximum Gasteiger partial charge on any atom is 0.261 e. The van der Waals surface area contributed by atoms with Crippen LogP contribution in [-0.4, -0.2) is 28.1 Å². The Balaban J connectivity index is 1.71. The summed E-state index contributed by atoms with van der Waals surface area (Å²) < 4.78 is 0. The summed E-state index contributed by atoms with van der Waals surface area (Å²) in [5.74, 6) is -0.381. The largest absolute Gasteiger partial charge is 0.388 e. The zero-order valence-electron chi connectivity index (χ0n) is 12.9. The number of aromatic amines is 1. The van der Waals surface area contributed by atoms with E-state index in [1.54, 1.807) is 6.07 Å². The lowest BCUT2D eigenvalue weighted by molar-refractivity contribution is 0.00524. The van der Waals surface area contributed by atoms with Crippen LogP contribution < -0.4 is 10.9 Å². The van der Waals surface area contributed by atoms with Gasteiger partial charge in [-0.05, 0) is 50.2 Å².